The predicted molar refractivity (Wildman–Crippen MR) is 80.4 cm³/mol. The zero-order chi connectivity index (χ0) is 15.8. The molecule has 0 saturated heterocycles. The van der Waals surface area contributed by atoms with Crippen LogP contribution in [0, 0.1) is 5.92 Å². The second-order valence-electron chi connectivity index (χ2n) is 4.88. The Labute approximate surface area is 125 Å². The Morgan fingerprint density at radius 2 is 1.90 bits per heavy atom. The van der Waals surface area contributed by atoms with Crippen molar-refractivity contribution in [1.82, 2.24) is 4.90 Å². The average molecular weight is 293 g/mol. The molecule has 5 heteroatoms. The third kappa shape index (κ3) is 4.48. The van der Waals surface area contributed by atoms with E-state index >= 15 is 0 Å². The summed E-state index contributed by atoms with van der Waals surface area (Å²) in [5.74, 6) is -0.275. The maximum absolute atomic E-state index is 12.7. The molecule has 0 aliphatic heterocycles. The topological polar surface area (TPSA) is 55.8 Å². The molecule has 0 heterocycles. The first kappa shape index (κ1) is 17.0. The van der Waals surface area contributed by atoms with Crippen LogP contribution in [-0.2, 0) is 9.53 Å². The number of para-hydroxylation sites is 1. The van der Waals surface area contributed by atoms with Crippen molar-refractivity contribution in [2.24, 2.45) is 5.92 Å². The van der Waals surface area contributed by atoms with E-state index in [0.717, 1.165) is 6.42 Å². The molecule has 0 N–H and O–H groups in total. The van der Waals surface area contributed by atoms with Crippen molar-refractivity contribution in [1.29, 1.82) is 0 Å². The molecule has 1 unspecified atom stereocenters. The molecular weight excluding hydrogens is 270 g/mol. The number of carbonyl (C=O) groups is 2. The first-order valence-corrected chi connectivity index (χ1v) is 7.05. The van der Waals surface area contributed by atoms with E-state index < -0.39 is 0 Å². The van der Waals surface area contributed by atoms with E-state index in [1.165, 1.54) is 14.2 Å². The summed E-state index contributed by atoms with van der Waals surface area (Å²) in [5, 5.41) is 0. The minimum absolute atomic E-state index is 0.134. The number of esters is 1. The Morgan fingerprint density at radius 1 is 1.24 bits per heavy atom. The third-order valence-electron chi connectivity index (χ3n) is 3.22. The van der Waals surface area contributed by atoms with Crippen molar-refractivity contribution in [2.45, 2.75) is 20.3 Å². The molecular formula is C16H23NO4. The fraction of sp³-hybridized carbons (Fsp3) is 0.500. The number of carbonyl (C=O) groups excluding carboxylic acids is 2. The fourth-order valence-corrected chi connectivity index (χ4v) is 2.14. The van der Waals surface area contributed by atoms with Crippen molar-refractivity contribution in [3.05, 3.63) is 29.8 Å². The number of hydrogen-bond acceptors (Lipinski definition) is 4. The van der Waals surface area contributed by atoms with Crippen molar-refractivity contribution in [2.75, 3.05) is 27.3 Å². The van der Waals surface area contributed by atoms with Gasteiger partial charge in [0, 0.05) is 13.1 Å². The molecule has 1 atom stereocenters. The summed E-state index contributed by atoms with van der Waals surface area (Å²) >= 11 is 0. The van der Waals surface area contributed by atoms with Gasteiger partial charge in [0.25, 0.3) is 5.91 Å². The van der Waals surface area contributed by atoms with Gasteiger partial charge in [0.2, 0.25) is 0 Å². The van der Waals surface area contributed by atoms with Crippen LogP contribution in [0.15, 0.2) is 24.3 Å². The number of hydrogen-bond donors (Lipinski definition) is 0. The van der Waals surface area contributed by atoms with Gasteiger partial charge in [-0.15, -0.1) is 0 Å². The van der Waals surface area contributed by atoms with Gasteiger partial charge in [0.1, 0.15) is 5.75 Å². The third-order valence-corrected chi connectivity index (χ3v) is 3.22. The number of benzene rings is 1. The van der Waals surface area contributed by atoms with Crippen molar-refractivity contribution in [3.8, 4) is 5.75 Å². The molecule has 116 valence electrons. The Balaban J connectivity index is 2.94. The average Bonchev–Trinajstić information content (AvgIpc) is 2.52. The van der Waals surface area contributed by atoms with Gasteiger partial charge in [-0.2, -0.15) is 0 Å². The molecule has 21 heavy (non-hydrogen) atoms. The SMILES string of the molecule is CCCN(CC(C)C(=O)OC)C(=O)c1ccccc1OC. The maximum Gasteiger partial charge on any atom is 0.310 e. The van der Waals surface area contributed by atoms with Gasteiger partial charge in [0.05, 0.1) is 25.7 Å². The standard InChI is InChI=1S/C16H23NO4/c1-5-10-17(11-12(2)16(19)21-4)15(18)13-8-6-7-9-14(13)20-3/h6-9,12H,5,10-11H2,1-4H3. The van der Waals surface area contributed by atoms with Gasteiger partial charge in [-0.25, -0.2) is 0 Å². The number of nitrogens with zero attached hydrogens (tertiary/aromatic N) is 1. The van der Waals surface area contributed by atoms with Gasteiger partial charge < -0.3 is 14.4 Å². The van der Waals surface area contributed by atoms with Gasteiger partial charge >= 0.3 is 5.97 Å². The summed E-state index contributed by atoms with van der Waals surface area (Å²) in [4.78, 5) is 25.9. The Morgan fingerprint density at radius 3 is 2.48 bits per heavy atom. The van der Waals surface area contributed by atoms with Crippen molar-refractivity contribution in [3.63, 3.8) is 0 Å². The van der Waals surface area contributed by atoms with Gasteiger partial charge in [-0.1, -0.05) is 26.0 Å². The quantitative estimate of drug-likeness (QED) is 0.724. The number of amides is 1. The second kappa shape index (κ2) is 8.29. The Bertz CT molecular complexity index is 487. The smallest absolute Gasteiger partial charge is 0.310 e. The summed E-state index contributed by atoms with van der Waals surface area (Å²) in [6.45, 7) is 4.66. The summed E-state index contributed by atoms with van der Waals surface area (Å²) in [7, 11) is 2.89. The van der Waals surface area contributed by atoms with Crippen molar-refractivity contribution < 1.29 is 19.1 Å². The van der Waals surface area contributed by atoms with Crippen LogP contribution in [0.5, 0.6) is 5.75 Å². The lowest BCUT2D eigenvalue weighted by Crippen LogP contribution is -2.38. The van der Waals surface area contributed by atoms with Gasteiger partial charge in [-0.05, 0) is 18.6 Å². The lowest BCUT2D eigenvalue weighted by Gasteiger charge is -2.25. The van der Waals surface area contributed by atoms with Crippen LogP contribution >= 0.6 is 0 Å². The van der Waals surface area contributed by atoms with E-state index in [2.05, 4.69) is 0 Å². The zero-order valence-electron chi connectivity index (χ0n) is 13.1. The van der Waals surface area contributed by atoms with E-state index in [1.807, 2.05) is 13.0 Å². The fourth-order valence-electron chi connectivity index (χ4n) is 2.14. The van der Waals surface area contributed by atoms with E-state index in [4.69, 9.17) is 9.47 Å². The molecule has 0 fully saturated rings. The molecule has 0 bridgehead atoms. The Kier molecular flexibility index (Phi) is 6.72. The molecule has 0 aromatic heterocycles. The molecule has 0 aliphatic rings. The lowest BCUT2D eigenvalue weighted by atomic mass is 10.1. The first-order chi connectivity index (χ1) is 10.0. The van der Waals surface area contributed by atoms with E-state index in [9.17, 15) is 9.59 Å². The molecule has 0 spiro atoms. The highest BCUT2D eigenvalue weighted by molar-refractivity contribution is 5.97. The highest BCUT2D eigenvalue weighted by Gasteiger charge is 2.23. The Hall–Kier alpha value is -2.04. The molecule has 1 aromatic rings. The summed E-state index contributed by atoms with van der Waals surface area (Å²) < 4.78 is 9.95. The van der Waals surface area contributed by atoms with Crippen molar-refractivity contribution >= 4 is 11.9 Å². The second-order valence-corrected chi connectivity index (χ2v) is 4.88. The highest BCUT2D eigenvalue weighted by Crippen LogP contribution is 2.20. The molecule has 1 rings (SSSR count). The molecule has 1 aromatic carbocycles. The lowest BCUT2D eigenvalue weighted by molar-refractivity contribution is -0.145. The normalized spacial score (nSPS) is 11.6. The molecule has 5 nitrogen and oxygen atoms in total. The highest BCUT2D eigenvalue weighted by atomic mass is 16.5. The van der Waals surface area contributed by atoms with Crippen LogP contribution in [-0.4, -0.2) is 44.1 Å². The minimum Gasteiger partial charge on any atom is -0.496 e. The zero-order valence-corrected chi connectivity index (χ0v) is 13.1. The van der Waals surface area contributed by atoms with Crippen LogP contribution in [0.1, 0.15) is 30.6 Å². The minimum atomic E-state index is -0.361. The van der Waals surface area contributed by atoms with Crippen LogP contribution in [0.25, 0.3) is 0 Å². The van der Waals surface area contributed by atoms with Gasteiger partial charge in [-0.3, -0.25) is 9.59 Å². The van der Waals surface area contributed by atoms with E-state index in [1.54, 1.807) is 30.0 Å². The van der Waals surface area contributed by atoms with Crippen LogP contribution in [0.2, 0.25) is 0 Å². The summed E-state index contributed by atoms with van der Waals surface area (Å²) in [6, 6.07) is 7.09. The summed E-state index contributed by atoms with van der Waals surface area (Å²) in [6.07, 6.45) is 0.814. The number of ether oxygens (including phenoxy) is 2. The molecule has 0 radical (unpaired) electrons. The van der Waals surface area contributed by atoms with Crippen LogP contribution in [0.3, 0.4) is 0 Å². The maximum atomic E-state index is 12.7. The van der Waals surface area contributed by atoms with Crippen LogP contribution < -0.4 is 4.74 Å². The number of methoxy groups -OCH3 is 2. The van der Waals surface area contributed by atoms with Crippen LogP contribution in [0.4, 0.5) is 0 Å². The molecule has 0 aliphatic carbocycles. The van der Waals surface area contributed by atoms with E-state index in [0.29, 0.717) is 24.4 Å². The monoisotopic (exact) mass is 293 g/mol. The molecule has 1 amide bonds. The van der Waals surface area contributed by atoms with Gasteiger partial charge in [0.15, 0.2) is 0 Å². The predicted octanol–water partition coefficient (Wildman–Crippen LogP) is 2.36. The summed E-state index contributed by atoms with van der Waals surface area (Å²) in [5.41, 5.74) is 0.505. The van der Waals surface area contributed by atoms with E-state index in [-0.39, 0.29) is 17.8 Å². The largest absolute Gasteiger partial charge is 0.496 e. The number of rotatable bonds is 7. The molecule has 0 saturated carbocycles. The first-order valence-electron chi connectivity index (χ1n) is 7.05.